The van der Waals surface area contributed by atoms with Crippen LogP contribution in [0.25, 0.3) is 0 Å². The fourth-order valence-electron chi connectivity index (χ4n) is 2.74. The SMILES string of the molecule is CCCCCCCCCCCCOS(=O)(=O)CCCCCCCF. The van der Waals surface area contributed by atoms with Gasteiger partial charge < -0.3 is 0 Å². The second-order valence-electron chi connectivity index (χ2n) is 6.72. The molecule has 24 heavy (non-hydrogen) atoms. The predicted octanol–water partition coefficient (Wildman–Crippen LogP) is 6.17. The van der Waals surface area contributed by atoms with E-state index in [9.17, 15) is 12.8 Å². The second-order valence-corrected chi connectivity index (χ2v) is 8.48. The van der Waals surface area contributed by atoms with Crippen molar-refractivity contribution in [3.63, 3.8) is 0 Å². The highest BCUT2D eigenvalue weighted by Crippen LogP contribution is 2.11. The van der Waals surface area contributed by atoms with E-state index in [-0.39, 0.29) is 12.4 Å². The number of alkyl halides is 1. The maximum atomic E-state index is 11.9. The van der Waals surface area contributed by atoms with Gasteiger partial charge in [-0.3, -0.25) is 8.57 Å². The van der Waals surface area contributed by atoms with Gasteiger partial charge in [0, 0.05) is 0 Å². The molecule has 0 atom stereocenters. The van der Waals surface area contributed by atoms with Gasteiger partial charge in [-0.2, -0.15) is 8.42 Å². The van der Waals surface area contributed by atoms with Gasteiger partial charge in [-0.25, -0.2) is 0 Å². The highest BCUT2D eigenvalue weighted by atomic mass is 32.2. The van der Waals surface area contributed by atoms with Gasteiger partial charge >= 0.3 is 0 Å². The Morgan fingerprint density at radius 1 is 0.667 bits per heavy atom. The first-order chi connectivity index (χ1) is 11.6. The molecule has 5 heteroatoms. The largest absolute Gasteiger partial charge is 0.270 e. The van der Waals surface area contributed by atoms with Crippen molar-refractivity contribution in [2.24, 2.45) is 0 Å². The van der Waals surface area contributed by atoms with E-state index in [1.807, 2.05) is 0 Å². The maximum absolute atomic E-state index is 11.9. The summed E-state index contributed by atoms with van der Waals surface area (Å²) in [5.74, 6) is 0.0976. The van der Waals surface area contributed by atoms with Crippen molar-refractivity contribution in [2.75, 3.05) is 19.0 Å². The molecule has 0 N–H and O–H groups in total. The normalized spacial score (nSPS) is 11.9. The van der Waals surface area contributed by atoms with Crippen LogP contribution in [0.4, 0.5) is 4.39 Å². The Labute approximate surface area is 149 Å². The molecule has 3 nitrogen and oxygen atoms in total. The molecule has 0 fully saturated rings. The third-order valence-corrected chi connectivity index (χ3v) is 5.60. The molecule has 0 spiro atoms. The summed E-state index contributed by atoms with van der Waals surface area (Å²) in [4.78, 5) is 0. The van der Waals surface area contributed by atoms with Gasteiger partial charge in [-0.15, -0.1) is 0 Å². The zero-order valence-electron chi connectivity index (χ0n) is 15.7. The van der Waals surface area contributed by atoms with Crippen molar-refractivity contribution >= 4 is 10.1 Å². The molecular formula is C19H39FO3S. The minimum Gasteiger partial charge on any atom is -0.270 e. The number of unbranched alkanes of at least 4 members (excludes halogenated alkanes) is 13. The number of rotatable bonds is 19. The van der Waals surface area contributed by atoms with E-state index < -0.39 is 10.1 Å². The van der Waals surface area contributed by atoms with Crippen LogP contribution in [0, 0.1) is 0 Å². The van der Waals surface area contributed by atoms with Crippen LogP contribution in [-0.2, 0) is 14.3 Å². The molecule has 0 aromatic heterocycles. The van der Waals surface area contributed by atoms with Crippen LogP contribution >= 0.6 is 0 Å². The fourth-order valence-corrected chi connectivity index (χ4v) is 3.79. The summed E-state index contributed by atoms with van der Waals surface area (Å²) in [5, 5.41) is 0. The summed E-state index contributed by atoms with van der Waals surface area (Å²) >= 11 is 0. The van der Waals surface area contributed by atoms with Gasteiger partial charge in [0.2, 0.25) is 0 Å². The first kappa shape index (κ1) is 23.8. The van der Waals surface area contributed by atoms with Gasteiger partial charge in [-0.1, -0.05) is 84.0 Å². The van der Waals surface area contributed by atoms with Gasteiger partial charge in [0.05, 0.1) is 19.0 Å². The highest BCUT2D eigenvalue weighted by Gasteiger charge is 2.10. The third kappa shape index (κ3) is 18.2. The molecule has 0 rings (SSSR count). The maximum Gasteiger partial charge on any atom is 0.267 e. The van der Waals surface area contributed by atoms with Crippen LogP contribution < -0.4 is 0 Å². The Morgan fingerprint density at radius 3 is 1.67 bits per heavy atom. The quantitative estimate of drug-likeness (QED) is 0.203. The van der Waals surface area contributed by atoms with E-state index in [0.717, 1.165) is 32.1 Å². The van der Waals surface area contributed by atoms with Crippen LogP contribution in [0.15, 0.2) is 0 Å². The van der Waals surface area contributed by atoms with E-state index >= 15 is 0 Å². The summed E-state index contributed by atoms with van der Waals surface area (Å²) in [6, 6.07) is 0. The van der Waals surface area contributed by atoms with E-state index in [4.69, 9.17) is 4.18 Å². The molecule has 0 unspecified atom stereocenters. The molecule has 0 aromatic carbocycles. The standard InChI is InChI=1S/C19H39FO3S/c1-2-3-4-5-6-7-8-9-12-15-18-23-24(21,22)19-16-13-10-11-14-17-20/h2-19H2,1H3. The first-order valence-corrected chi connectivity index (χ1v) is 11.6. The Bertz CT molecular complexity index is 345. The molecule has 0 heterocycles. The summed E-state index contributed by atoms with van der Waals surface area (Å²) in [7, 11) is -3.36. The van der Waals surface area contributed by atoms with Crippen molar-refractivity contribution in [1.29, 1.82) is 0 Å². The minimum absolute atomic E-state index is 0.0976. The Hall–Kier alpha value is -0.160. The molecular weight excluding hydrogens is 327 g/mol. The van der Waals surface area contributed by atoms with Crippen LogP contribution in [0.1, 0.15) is 103 Å². The summed E-state index contributed by atoms with van der Waals surface area (Å²) in [5.41, 5.74) is 0. The first-order valence-electron chi connectivity index (χ1n) is 10.1. The van der Waals surface area contributed by atoms with Crippen LogP contribution in [0.2, 0.25) is 0 Å². The number of halogens is 1. The Balaban J connectivity index is 3.33. The summed E-state index contributed by atoms with van der Waals surface area (Å²) in [6.07, 6.45) is 16.1. The number of hydrogen-bond acceptors (Lipinski definition) is 3. The molecule has 0 amide bonds. The van der Waals surface area contributed by atoms with E-state index in [2.05, 4.69) is 6.92 Å². The summed E-state index contributed by atoms with van der Waals surface area (Å²) < 4.78 is 40.3. The minimum atomic E-state index is -3.36. The predicted molar refractivity (Wildman–Crippen MR) is 101 cm³/mol. The van der Waals surface area contributed by atoms with Crippen LogP contribution in [0.3, 0.4) is 0 Å². The molecule has 0 radical (unpaired) electrons. The molecule has 0 saturated heterocycles. The van der Waals surface area contributed by atoms with Crippen LogP contribution in [0.5, 0.6) is 0 Å². The van der Waals surface area contributed by atoms with Crippen molar-refractivity contribution < 1.29 is 17.0 Å². The van der Waals surface area contributed by atoms with E-state index in [1.165, 1.54) is 51.4 Å². The highest BCUT2D eigenvalue weighted by molar-refractivity contribution is 7.86. The fraction of sp³-hybridized carbons (Fsp3) is 1.00. The van der Waals surface area contributed by atoms with Crippen molar-refractivity contribution in [3.05, 3.63) is 0 Å². The molecule has 146 valence electrons. The van der Waals surface area contributed by atoms with Gasteiger partial charge in [0.15, 0.2) is 0 Å². The van der Waals surface area contributed by atoms with Crippen molar-refractivity contribution in [3.8, 4) is 0 Å². The lowest BCUT2D eigenvalue weighted by Crippen LogP contribution is -2.11. The molecule has 0 aromatic rings. The van der Waals surface area contributed by atoms with Crippen LogP contribution in [-0.4, -0.2) is 27.5 Å². The molecule has 0 aliphatic rings. The van der Waals surface area contributed by atoms with E-state index in [1.54, 1.807) is 0 Å². The summed E-state index contributed by atoms with van der Waals surface area (Å²) in [6.45, 7) is 2.28. The third-order valence-electron chi connectivity index (χ3n) is 4.29. The Kier molecular flexibility index (Phi) is 17.5. The molecule has 0 aliphatic carbocycles. The van der Waals surface area contributed by atoms with E-state index in [0.29, 0.717) is 19.4 Å². The zero-order valence-corrected chi connectivity index (χ0v) is 16.6. The molecule has 0 bridgehead atoms. The number of hydrogen-bond donors (Lipinski definition) is 0. The average molecular weight is 367 g/mol. The second kappa shape index (κ2) is 17.7. The monoisotopic (exact) mass is 366 g/mol. The lowest BCUT2D eigenvalue weighted by atomic mass is 10.1. The Morgan fingerprint density at radius 2 is 1.12 bits per heavy atom. The van der Waals surface area contributed by atoms with Gasteiger partial charge in [0.1, 0.15) is 0 Å². The molecule has 0 aliphatic heterocycles. The van der Waals surface area contributed by atoms with Gasteiger partial charge in [0.25, 0.3) is 10.1 Å². The lowest BCUT2D eigenvalue weighted by molar-refractivity contribution is 0.305. The topological polar surface area (TPSA) is 43.4 Å². The van der Waals surface area contributed by atoms with Crippen molar-refractivity contribution in [1.82, 2.24) is 0 Å². The smallest absolute Gasteiger partial charge is 0.267 e. The average Bonchev–Trinajstić information content (AvgIpc) is 2.56. The lowest BCUT2D eigenvalue weighted by Gasteiger charge is -2.06. The van der Waals surface area contributed by atoms with Crippen molar-refractivity contribution in [2.45, 2.75) is 103 Å². The molecule has 0 saturated carbocycles. The zero-order chi connectivity index (χ0) is 17.9. The van der Waals surface area contributed by atoms with Gasteiger partial charge in [-0.05, 0) is 19.3 Å².